The number of nitrogens with one attached hydrogen (secondary N) is 1. The van der Waals surface area contributed by atoms with Crippen molar-refractivity contribution in [3.05, 3.63) is 30.2 Å². The molecule has 2 aromatic rings. The molecule has 1 aromatic heterocycles. The third-order valence-corrected chi connectivity index (χ3v) is 5.95. The molecule has 1 N–H and O–H groups in total. The molecule has 0 saturated carbocycles. The number of likely N-dealkylation sites (tertiary alicyclic amines) is 1. The van der Waals surface area contributed by atoms with Crippen molar-refractivity contribution in [3.63, 3.8) is 0 Å². The van der Waals surface area contributed by atoms with Gasteiger partial charge < -0.3 is 19.5 Å². The summed E-state index contributed by atoms with van der Waals surface area (Å²) in [7, 11) is 0. The predicted octanol–water partition coefficient (Wildman–Crippen LogP) is 3.09. The highest BCUT2D eigenvalue weighted by Crippen LogP contribution is 2.37. The number of aryl methyl sites for hydroxylation is 1. The Labute approximate surface area is 177 Å². The molecule has 158 valence electrons. The van der Waals surface area contributed by atoms with Crippen molar-refractivity contribution in [2.75, 3.05) is 32.8 Å². The van der Waals surface area contributed by atoms with E-state index in [1.165, 1.54) is 6.42 Å². The first-order chi connectivity index (χ1) is 13.7. The number of ether oxygens (including phenoxy) is 1. The number of rotatable bonds is 6. The van der Waals surface area contributed by atoms with Crippen molar-refractivity contribution in [1.29, 1.82) is 0 Å². The minimum absolute atomic E-state index is 0. The third kappa shape index (κ3) is 5.08. The summed E-state index contributed by atoms with van der Waals surface area (Å²) in [5, 5.41) is 7.50. The van der Waals surface area contributed by atoms with Crippen LogP contribution in [0.4, 0.5) is 0 Å². The van der Waals surface area contributed by atoms with E-state index in [1.807, 2.05) is 36.1 Å². The van der Waals surface area contributed by atoms with Gasteiger partial charge in [0.1, 0.15) is 5.75 Å². The van der Waals surface area contributed by atoms with E-state index in [0.29, 0.717) is 36.6 Å². The van der Waals surface area contributed by atoms with Crippen LogP contribution in [0.5, 0.6) is 5.75 Å². The third-order valence-electron chi connectivity index (χ3n) is 5.95. The number of amides is 1. The van der Waals surface area contributed by atoms with Crippen LogP contribution >= 0.6 is 12.4 Å². The number of piperidine rings is 1. The summed E-state index contributed by atoms with van der Waals surface area (Å²) in [4.78, 5) is 19.0. The Hall–Kier alpha value is -2.12. The Morgan fingerprint density at radius 2 is 2.00 bits per heavy atom. The van der Waals surface area contributed by atoms with Crippen LogP contribution in [0.25, 0.3) is 11.4 Å². The van der Waals surface area contributed by atoms with Crippen LogP contribution in [0.3, 0.4) is 0 Å². The number of hydrogen-bond acceptors (Lipinski definition) is 6. The zero-order valence-electron chi connectivity index (χ0n) is 16.9. The van der Waals surface area contributed by atoms with Gasteiger partial charge in [-0.25, -0.2) is 0 Å². The molecule has 1 amide bonds. The van der Waals surface area contributed by atoms with E-state index >= 15 is 0 Å². The largest absolute Gasteiger partial charge is 0.494 e. The second-order valence-electron chi connectivity index (χ2n) is 7.78. The summed E-state index contributed by atoms with van der Waals surface area (Å²) in [5.74, 6) is 2.05. The Balaban J connectivity index is 0.00000240. The lowest BCUT2D eigenvalue weighted by Gasteiger charge is -2.38. The predicted molar refractivity (Wildman–Crippen MR) is 112 cm³/mol. The van der Waals surface area contributed by atoms with Gasteiger partial charge in [0.05, 0.1) is 6.61 Å². The maximum absolute atomic E-state index is 12.6. The average Bonchev–Trinajstić information content (AvgIpc) is 3.38. The number of nitrogens with zero attached hydrogens (tertiary/aromatic N) is 3. The monoisotopic (exact) mass is 420 g/mol. The van der Waals surface area contributed by atoms with Gasteiger partial charge in [-0.15, -0.1) is 12.4 Å². The second-order valence-corrected chi connectivity index (χ2v) is 7.78. The van der Waals surface area contributed by atoms with Crippen molar-refractivity contribution in [1.82, 2.24) is 20.4 Å². The standard InChI is InChI=1S/C21H28N4O3.ClH/c1-2-27-17-5-3-16(4-6-17)20-23-18(28-24-20)7-8-19(26)25-13-10-21(11-14-25)9-12-22-15-21;/h3-6,22H,2,7-15H2,1H3;1H. The Morgan fingerprint density at radius 3 is 2.66 bits per heavy atom. The van der Waals surface area contributed by atoms with Gasteiger partial charge in [0, 0.05) is 38.0 Å². The minimum Gasteiger partial charge on any atom is -0.494 e. The van der Waals surface area contributed by atoms with Crippen molar-refractivity contribution < 1.29 is 14.1 Å². The van der Waals surface area contributed by atoms with Gasteiger partial charge in [0.25, 0.3) is 0 Å². The molecule has 8 heteroatoms. The summed E-state index contributed by atoms with van der Waals surface area (Å²) in [6.07, 6.45) is 4.34. The number of hydrogen-bond donors (Lipinski definition) is 1. The van der Waals surface area contributed by atoms with Gasteiger partial charge in [0.2, 0.25) is 17.6 Å². The topological polar surface area (TPSA) is 80.5 Å². The normalized spacial score (nSPS) is 17.9. The SMILES string of the molecule is CCOc1ccc(-c2noc(CCC(=O)N3CCC4(CCNC4)CC3)n2)cc1.Cl. The second kappa shape index (κ2) is 9.59. The average molecular weight is 421 g/mol. The van der Waals surface area contributed by atoms with E-state index in [1.54, 1.807) is 0 Å². The molecule has 1 spiro atoms. The van der Waals surface area contributed by atoms with Crippen LogP contribution < -0.4 is 10.1 Å². The van der Waals surface area contributed by atoms with E-state index < -0.39 is 0 Å². The van der Waals surface area contributed by atoms with Crippen LogP contribution in [0, 0.1) is 5.41 Å². The van der Waals surface area contributed by atoms with Crippen LogP contribution in [-0.4, -0.2) is 53.7 Å². The lowest BCUT2D eigenvalue weighted by Crippen LogP contribution is -2.44. The Bertz CT molecular complexity index is 793. The Kier molecular flexibility index (Phi) is 7.14. The smallest absolute Gasteiger partial charge is 0.227 e. The minimum atomic E-state index is 0. The first-order valence-corrected chi connectivity index (χ1v) is 10.2. The summed E-state index contributed by atoms with van der Waals surface area (Å²) in [6, 6.07) is 7.60. The molecule has 7 nitrogen and oxygen atoms in total. The van der Waals surface area contributed by atoms with Crippen LogP contribution in [0.15, 0.2) is 28.8 Å². The summed E-state index contributed by atoms with van der Waals surface area (Å²) in [6.45, 7) is 6.53. The van der Waals surface area contributed by atoms with Gasteiger partial charge in [-0.1, -0.05) is 5.16 Å². The lowest BCUT2D eigenvalue weighted by molar-refractivity contribution is -0.133. The summed E-state index contributed by atoms with van der Waals surface area (Å²) >= 11 is 0. The zero-order valence-corrected chi connectivity index (χ0v) is 17.7. The fraction of sp³-hybridized carbons (Fsp3) is 0.571. The quantitative estimate of drug-likeness (QED) is 0.773. The van der Waals surface area contributed by atoms with Crippen molar-refractivity contribution in [2.24, 2.45) is 5.41 Å². The number of carbonyl (C=O) groups is 1. The van der Waals surface area contributed by atoms with E-state index in [9.17, 15) is 4.79 Å². The van der Waals surface area contributed by atoms with E-state index in [4.69, 9.17) is 9.26 Å². The fourth-order valence-electron chi connectivity index (χ4n) is 4.17. The molecule has 0 aliphatic carbocycles. The molecule has 0 bridgehead atoms. The van der Waals surface area contributed by atoms with Crippen LogP contribution in [0.2, 0.25) is 0 Å². The highest BCUT2D eigenvalue weighted by molar-refractivity contribution is 5.85. The van der Waals surface area contributed by atoms with Gasteiger partial charge >= 0.3 is 0 Å². The molecular weight excluding hydrogens is 392 g/mol. The number of carbonyl (C=O) groups excluding carboxylic acids is 1. The molecule has 1 aromatic carbocycles. The highest BCUT2D eigenvalue weighted by atomic mass is 35.5. The van der Waals surface area contributed by atoms with Crippen molar-refractivity contribution >= 4 is 18.3 Å². The van der Waals surface area contributed by atoms with E-state index in [0.717, 1.165) is 50.3 Å². The molecule has 2 aliphatic rings. The van der Waals surface area contributed by atoms with Crippen molar-refractivity contribution in [3.8, 4) is 17.1 Å². The highest BCUT2D eigenvalue weighted by Gasteiger charge is 2.37. The molecular formula is C21H29ClN4O3. The first kappa shape index (κ1) is 21.6. The first-order valence-electron chi connectivity index (χ1n) is 10.2. The van der Waals surface area contributed by atoms with Crippen LogP contribution in [-0.2, 0) is 11.2 Å². The molecule has 3 heterocycles. The zero-order chi connectivity index (χ0) is 19.4. The molecule has 29 heavy (non-hydrogen) atoms. The van der Waals surface area contributed by atoms with Gasteiger partial charge in [-0.2, -0.15) is 4.98 Å². The summed E-state index contributed by atoms with van der Waals surface area (Å²) in [5.41, 5.74) is 1.30. The molecule has 4 rings (SSSR count). The molecule has 0 radical (unpaired) electrons. The lowest BCUT2D eigenvalue weighted by atomic mass is 9.78. The fourth-order valence-corrected chi connectivity index (χ4v) is 4.17. The van der Waals surface area contributed by atoms with Crippen molar-refractivity contribution in [2.45, 2.75) is 39.0 Å². The molecule has 0 atom stereocenters. The van der Waals surface area contributed by atoms with Gasteiger partial charge in [-0.05, 0) is 62.4 Å². The Morgan fingerprint density at radius 1 is 1.24 bits per heavy atom. The maximum atomic E-state index is 12.6. The van der Waals surface area contributed by atoms with Crippen LogP contribution in [0.1, 0.15) is 38.5 Å². The number of benzene rings is 1. The van der Waals surface area contributed by atoms with E-state index in [-0.39, 0.29) is 18.3 Å². The molecule has 2 saturated heterocycles. The molecule has 0 unspecified atom stereocenters. The number of aromatic nitrogens is 2. The number of halogens is 1. The van der Waals surface area contributed by atoms with E-state index in [2.05, 4.69) is 15.5 Å². The molecule has 2 fully saturated rings. The summed E-state index contributed by atoms with van der Waals surface area (Å²) < 4.78 is 10.8. The maximum Gasteiger partial charge on any atom is 0.227 e. The van der Waals surface area contributed by atoms with Gasteiger partial charge in [-0.3, -0.25) is 4.79 Å². The van der Waals surface area contributed by atoms with Gasteiger partial charge in [0.15, 0.2) is 0 Å². The molecule has 2 aliphatic heterocycles.